The third-order valence-electron chi connectivity index (χ3n) is 3.85. The Morgan fingerprint density at radius 3 is 2.45 bits per heavy atom. The van der Waals surface area contributed by atoms with Gasteiger partial charge in [0.15, 0.2) is 0 Å². The highest BCUT2D eigenvalue weighted by molar-refractivity contribution is 5.84. The molecule has 2 N–H and O–H groups in total. The van der Waals surface area contributed by atoms with Crippen LogP contribution in [0.2, 0.25) is 0 Å². The molecule has 0 saturated carbocycles. The number of nitrogens with one attached hydrogen (secondary N) is 2. The Morgan fingerprint density at radius 1 is 1.18 bits per heavy atom. The summed E-state index contributed by atoms with van der Waals surface area (Å²) in [6.07, 6.45) is 3.80. The van der Waals surface area contributed by atoms with Crippen molar-refractivity contribution in [2.24, 2.45) is 5.92 Å². The topological polar surface area (TPSA) is 74.8 Å². The Bertz CT molecular complexity index is 688. The van der Waals surface area contributed by atoms with Crippen molar-refractivity contribution in [1.29, 1.82) is 0 Å². The van der Waals surface area contributed by atoms with Crippen LogP contribution in [0.1, 0.15) is 45.2 Å². The van der Waals surface area contributed by atoms with Gasteiger partial charge in [-0.2, -0.15) is 5.10 Å². The molecule has 118 valence electrons. The van der Waals surface area contributed by atoms with E-state index in [4.69, 9.17) is 0 Å². The van der Waals surface area contributed by atoms with Crippen molar-refractivity contribution in [3.63, 3.8) is 0 Å². The van der Waals surface area contributed by atoms with E-state index in [0.717, 1.165) is 31.1 Å². The standard InChI is InChI=1S/C17H23N3O2/c1-3-7-12(8-4-2)16(21)18-11-15-13-9-5-6-10-14(13)17(22)20-19-15/h5-6,9-10,12H,3-4,7-8,11H2,1-2H3,(H,18,21)(H,20,22). The first kappa shape index (κ1) is 16.2. The van der Waals surface area contributed by atoms with Crippen LogP contribution in [0.4, 0.5) is 0 Å². The average molecular weight is 301 g/mol. The van der Waals surface area contributed by atoms with E-state index in [1.807, 2.05) is 18.2 Å². The molecular formula is C17H23N3O2. The summed E-state index contributed by atoms with van der Waals surface area (Å²) in [5.74, 6) is 0.129. The van der Waals surface area contributed by atoms with Crippen LogP contribution in [-0.4, -0.2) is 16.1 Å². The fourth-order valence-electron chi connectivity index (χ4n) is 2.72. The summed E-state index contributed by atoms with van der Waals surface area (Å²) >= 11 is 0. The molecule has 0 aliphatic carbocycles. The maximum atomic E-state index is 12.3. The average Bonchev–Trinajstić information content (AvgIpc) is 2.54. The van der Waals surface area contributed by atoms with Crippen LogP contribution in [0.3, 0.4) is 0 Å². The van der Waals surface area contributed by atoms with Crippen LogP contribution in [0.15, 0.2) is 29.1 Å². The van der Waals surface area contributed by atoms with Crippen molar-refractivity contribution in [2.45, 2.75) is 46.1 Å². The van der Waals surface area contributed by atoms with E-state index in [9.17, 15) is 9.59 Å². The van der Waals surface area contributed by atoms with Crippen molar-refractivity contribution in [3.05, 3.63) is 40.3 Å². The second-order valence-corrected chi connectivity index (χ2v) is 5.54. The lowest BCUT2D eigenvalue weighted by molar-refractivity contribution is -0.125. The lowest BCUT2D eigenvalue weighted by atomic mass is 9.97. The first-order chi connectivity index (χ1) is 10.7. The maximum Gasteiger partial charge on any atom is 0.272 e. The Hall–Kier alpha value is -2.17. The zero-order chi connectivity index (χ0) is 15.9. The van der Waals surface area contributed by atoms with E-state index in [1.165, 1.54) is 0 Å². The van der Waals surface area contributed by atoms with Gasteiger partial charge in [-0.25, -0.2) is 5.10 Å². The van der Waals surface area contributed by atoms with Gasteiger partial charge in [0.1, 0.15) is 0 Å². The molecule has 0 saturated heterocycles. The van der Waals surface area contributed by atoms with Crippen molar-refractivity contribution < 1.29 is 4.79 Å². The zero-order valence-corrected chi connectivity index (χ0v) is 13.2. The quantitative estimate of drug-likeness (QED) is 0.825. The predicted molar refractivity (Wildman–Crippen MR) is 87.5 cm³/mol. The van der Waals surface area contributed by atoms with Crippen LogP contribution in [0.5, 0.6) is 0 Å². The molecule has 2 rings (SSSR count). The normalized spacial score (nSPS) is 11.0. The molecule has 0 radical (unpaired) electrons. The number of amides is 1. The molecule has 1 aromatic carbocycles. The minimum absolute atomic E-state index is 0.0593. The number of carbonyl (C=O) groups excluding carboxylic acids is 1. The summed E-state index contributed by atoms with van der Waals surface area (Å²) in [4.78, 5) is 24.0. The highest BCUT2D eigenvalue weighted by atomic mass is 16.2. The molecule has 22 heavy (non-hydrogen) atoms. The molecule has 0 aliphatic heterocycles. The summed E-state index contributed by atoms with van der Waals surface area (Å²) in [5.41, 5.74) is 0.482. The van der Waals surface area contributed by atoms with Gasteiger partial charge in [-0.15, -0.1) is 0 Å². The van der Waals surface area contributed by atoms with Crippen molar-refractivity contribution in [3.8, 4) is 0 Å². The predicted octanol–water partition coefficient (Wildman–Crippen LogP) is 2.76. The summed E-state index contributed by atoms with van der Waals surface area (Å²) < 4.78 is 0. The van der Waals surface area contributed by atoms with E-state index in [-0.39, 0.29) is 17.4 Å². The molecule has 1 heterocycles. The summed E-state index contributed by atoms with van der Waals surface area (Å²) in [6, 6.07) is 7.30. The number of nitrogens with zero attached hydrogens (tertiary/aromatic N) is 1. The molecule has 0 unspecified atom stereocenters. The van der Waals surface area contributed by atoms with Gasteiger partial charge >= 0.3 is 0 Å². The summed E-state index contributed by atoms with van der Waals surface area (Å²) in [5, 5.41) is 10.9. The first-order valence-corrected chi connectivity index (χ1v) is 7.91. The van der Waals surface area contributed by atoms with E-state index in [1.54, 1.807) is 6.07 Å². The van der Waals surface area contributed by atoms with Gasteiger partial charge in [-0.1, -0.05) is 44.9 Å². The monoisotopic (exact) mass is 301 g/mol. The minimum Gasteiger partial charge on any atom is -0.350 e. The molecule has 0 spiro atoms. The lowest BCUT2D eigenvalue weighted by Gasteiger charge is -2.15. The van der Waals surface area contributed by atoms with Crippen LogP contribution >= 0.6 is 0 Å². The van der Waals surface area contributed by atoms with Gasteiger partial charge in [-0.05, 0) is 18.9 Å². The van der Waals surface area contributed by atoms with Gasteiger partial charge in [0.25, 0.3) is 5.56 Å². The van der Waals surface area contributed by atoms with Gasteiger partial charge in [0.05, 0.1) is 17.6 Å². The number of aromatic amines is 1. The third-order valence-corrected chi connectivity index (χ3v) is 3.85. The summed E-state index contributed by atoms with van der Waals surface area (Å²) in [7, 11) is 0. The van der Waals surface area contributed by atoms with E-state index in [0.29, 0.717) is 17.6 Å². The Morgan fingerprint density at radius 2 is 1.82 bits per heavy atom. The molecule has 5 heteroatoms. The third kappa shape index (κ3) is 3.72. The number of H-pyrrole nitrogens is 1. The van der Waals surface area contributed by atoms with Crippen LogP contribution < -0.4 is 10.9 Å². The number of hydrogen-bond donors (Lipinski definition) is 2. The van der Waals surface area contributed by atoms with E-state index in [2.05, 4.69) is 29.4 Å². The lowest BCUT2D eigenvalue weighted by Crippen LogP contribution is -2.31. The minimum atomic E-state index is -0.208. The Kier molecular flexibility index (Phi) is 5.69. The van der Waals surface area contributed by atoms with Gasteiger partial charge in [0.2, 0.25) is 5.91 Å². The largest absolute Gasteiger partial charge is 0.350 e. The fraction of sp³-hybridized carbons (Fsp3) is 0.471. The Balaban J connectivity index is 2.13. The molecule has 2 aromatic rings. The Labute approximate surface area is 130 Å². The number of rotatable bonds is 7. The number of hydrogen-bond acceptors (Lipinski definition) is 3. The molecule has 0 atom stereocenters. The number of fused-ring (bicyclic) bond motifs is 1. The smallest absolute Gasteiger partial charge is 0.272 e. The molecule has 1 aromatic heterocycles. The van der Waals surface area contributed by atoms with Crippen molar-refractivity contribution in [1.82, 2.24) is 15.5 Å². The van der Waals surface area contributed by atoms with E-state index < -0.39 is 0 Å². The van der Waals surface area contributed by atoms with Crippen molar-refractivity contribution in [2.75, 3.05) is 0 Å². The second kappa shape index (κ2) is 7.73. The van der Waals surface area contributed by atoms with Crippen LogP contribution in [-0.2, 0) is 11.3 Å². The highest BCUT2D eigenvalue weighted by Crippen LogP contribution is 2.15. The molecular weight excluding hydrogens is 278 g/mol. The van der Waals surface area contributed by atoms with Crippen LogP contribution in [0.25, 0.3) is 10.8 Å². The second-order valence-electron chi connectivity index (χ2n) is 5.54. The number of aromatic nitrogens is 2. The van der Waals surface area contributed by atoms with Crippen molar-refractivity contribution >= 4 is 16.7 Å². The summed E-state index contributed by atoms with van der Waals surface area (Å²) in [6.45, 7) is 4.51. The maximum absolute atomic E-state index is 12.3. The van der Waals surface area contributed by atoms with E-state index >= 15 is 0 Å². The molecule has 0 fully saturated rings. The van der Waals surface area contributed by atoms with Crippen LogP contribution in [0, 0.1) is 5.92 Å². The number of carbonyl (C=O) groups is 1. The molecule has 5 nitrogen and oxygen atoms in total. The zero-order valence-electron chi connectivity index (χ0n) is 13.2. The fourth-order valence-corrected chi connectivity index (χ4v) is 2.72. The van der Waals surface area contributed by atoms with Gasteiger partial charge in [-0.3, -0.25) is 9.59 Å². The first-order valence-electron chi connectivity index (χ1n) is 7.91. The highest BCUT2D eigenvalue weighted by Gasteiger charge is 2.16. The molecule has 0 bridgehead atoms. The molecule has 1 amide bonds. The van der Waals surface area contributed by atoms with Gasteiger partial charge < -0.3 is 5.32 Å². The number of benzene rings is 1. The SMILES string of the molecule is CCCC(CCC)C(=O)NCc1n[nH]c(=O)c2ccccc12. The van der Waals surface area contributed by atoms with Gasteiger partial charge in [0, 0.05) is 11.3 Å². The molecule has 0 aliphatic rings.